The molecular weight excluding hydrogens is 220 g/mol. The van der Waals surface area contributed by atoms with Crippen molar-refractivity contribution in [3.05, 3.63) is 18.0 Å². The monoisotopic (exact) mass is 242 g/mol. The van der Waals surface area contributed by atoms with Gasteiger partial charge in [0.25, 0.3) is 0 Å². The quantitative estimate of drug-likeness (QED) is 0.544. The van der Waals surface area contributed by atoms with Crippen molar-refractivity contribution >= 4 is 8.07 Å². The molecule has 0 aliphatic rings. The van der Waals surface area contributed by atoms with Crippen molar-refractivity contribution in [2.45, 2.75) is 39.0 Å². The van der Waals surface area contributed by atoms with Gasteiger partial charge in [-0.25, -0.2) is 4.68 Å². The lowest BCUT2D eigenvalue weighted by molar-refractivity contribution is 0.0774. The largest absolute Gasteiger partial charge is 0.378 e. The Kier molecular flexibility index (Phi) is 5.17. The number of hydrogen-bond acceptors (Lipinski definition) is 3. The summed E-state index contributed by atoms with van der Waals surface area (Å²) in [5.41, 5.74) is 0.941. The van der Waals surface area contributed by atoms with Crippen molar-refractivity contribution in [2.75, 3.05) is 13.7 Å². The Morgan fingerprint density at radius 3 is 2.75 bits per heavy atom. The van der Waals surface area contributed by atoms with Crippen LogP contribution < -0.4 is 0 Å². The maximum atomic E-state index is 5.58. The molecule has 0 radical (unpaired) electrons. The molecule has 0 unspecified atom stereocenters. The van der Waals surface area contributed by atoms with E-state index in [-0.39, 0.29) is 0 Å². The fourth-order valence-corrected chi connectivity index (χ4v) is 1.99. The molecule has 1 heterocycles. The lowest BCUT2D eigenvalue weighted by Gasteiger charge is -2.15. The third-order valence-electron chi connectivity index (χ3n) is 2.21. The second-order valence-corrected chi connectivity index (χ2v) is 10.7. The summed E-state index contributed by atoms with van der Waals surface area (Å²) in [6.07, 6.45) is 1.92. The normalized spacial score (nSPS) is 12.0. The van der Waals surface area contributed by atoms with Crippen molar-refractivity contribution in [1.29, 1.82) is 0 Å². The second-order valence-electron chi connectivity index (χ2n) is 5.13. The van der Waals surface area contributed by atoms with Crippen LogP contribution in [0.25, 0.3) is 0 Å². The molecule has 0 atom stereocenters. The van der Waals surface area contributed by atoms with Gasteiger partial charge in [-0.05, 0) is 12.1 Å². The zero-order valence-corrected chi connectivity index (χ0v) is 11.7. The summed E-state index contributed by atoms with van der Waals surface area (Å²) in [5, 5.41) is 4.31. The number of ether oxygens (including phenoxy) is 2. The van der Waals surface area contributed by atoms with Crippen molar-refractivity contribution in [3.63, 3.8) is 0 Å². The molecule has 0 amide bonds. The van der Waals surface area contributed by atoms with Gasteiger partial charge in [-0.15, -0.1) is 0 Å². The van der Waals surface area contributed by atoms with Gasteiger partial charge < -0.3 is 9.47 Å². The van der Waals surface area contributed by atoms with Crippen LogP contribution in [-0.2, 0) is 22.8 Å². The maximum absolute atomic E-state index is 5.58. The van der Waals surface area contributed by atoms with Gasteiger partial charge >= 0.3 is 0 Å². The minimum Gasteiger partial charge on any atom is -0.378 e. The van der Waals surface area contributed by atoms with Crippen molar-refractivity contribution in [1.82, 2.24) is 9.78 Å². The Labute approximate surface area is 98.6 Å². The molecule has 5 heteroatoms. The maximum Gasteiger partial charge on any atom is 0.139 e. The molecule has 0 fully saturated rings. The van der Waals surface area contributed by atoms with E-state index in [1.54, 1.807) is 11.8 Å². The zero-order chi connectivity index (χ0) is 12.0. The van der Waals surface area contributed by atoms with E-state index in [9.17, 15) is 0 Å². The highest BCUT2D eigenvalue weighted by Crippen LogP contribution is 2.07. The average molecular weight is 242 g/mol. The highest BCUT2D eigenvalue weighted by Gasteiger charge is 2.11. The summed E-state index contributed by atoms with van der Waals surface area (Å²) in [7, 11) is 0.693. The van der Waals surface area contributed by atoms with Crippen LogP contribution in [0.15, 0.2) is 12.3 Å². The molecule has 0 saturated heterocycles. The molecule has 0 bridgehead atoms. The van der Waals surface area contributed by atoms with E-state index in [0.717, 1.165) is 12.3 Å². The predicted octanol–water partition coefficient (Wildman–Crippen LogP) is 2.34. The minimum absolute atomic E-state index is 0.536. The summed E-state index contributed by atoms with van der Waals surface area (Å²) >= 11 is 0. The second kappa shape index (κ2) is 6.17. The lowest BCUT2D eigenvalue weighted by Crippen LogP contribution is -2.22. The van der Waals surface area contributed by atoms with Crippen LogP contribution in [0.3, 0.4) is 0 Å². The van der Waals surface area contributed by atoms with Gasteiger partial charge in [0.2, 0.25) is 0 Å². The number of aromatic nitrogens is 2. The molecule has 1 aromatic heterocycles. The van der Waals surface area contributed by atoms with Crippen molar-refractivity contribution in [3.8, 4) is 0 Å². The smallest absolute Gasteiger partial charge is 0.139 e. The van der Waals surface area contributed by atoms with E-state index in [1.165, 1.54) is 6.04 Å². The van der Waals surface area contributed by atoms with Gasteiger partial charge in [-0.2, -0.15) is 5.10 Å². The van der Waals surface area contributed by atoms with E-state index in [0.29, 0.717) is 13.3 Å². The number of nitrogens with zero attached hydrogens (tertiary/aromatic N) is 2. The number of methoxy groups -OCH3 is 1. The van der Waals surface area contributed by atoms with Crippen LogP contribution in [0.2, 0.25) is 25.7 Å². The Morgan fingerprint density at radius 2 is 2.12 bits per heavy atom. The standard InChI is InChI=1S/C11H22N2O2Si/c1-14-9-11-5-6-13(12-11)10-15-7-8-16(2,3)4/h5-6H,7-10H2,1-4H3. The molecule has 1 aromatic rings. The first-order valence-corrected chi connectivity index (χ1v) is 9.31. The summed E-state index contributed by atoms with van der Waals surface area (Å²) in [6.45, 7) is 8.97. The molecule has 1 rings (SSSR count). The Bertz CT molecular complexity index is 307. The molecule has 92 valence electrons. The summed E-state index contributed by atoms with van der Waals surface area (Å²) in [6, 6.07) is 3.14. The molecule has 0 saturated carbocycles. The molecule has 0 aromatic carbocycles. The first-order valence-electron chi connectivity index (χ1n) is 5.60. The van der Waals surface area contributed by atoms with Gasteiger partial charge in [0.15, 0.2) is 0 Å². The van der Waals surface area contributed by atoms with Gasteiger partial charge in [0, 0.05) is 28.0 Å². The fourth-order valence-electron chi connectivity index (χ4n) is 1.24. The number of hydrogen-bond donors (Lipinski definition) is 0. The Balaban J connectivity index is 2.21. The van der Waals surface area contributed by atoms with Crippen LogP contribution in [0, 0.1) is 0 Å². The van der Waals surface area contributed by atoms with E-state index in [4.69, 9.17) is 9.47 Å². The van der Waals surface area contributed by atoms with E-state index in [2.05, 4.69) is 24.7 Å². The van der Waals surface area contributed by atoms with Crippen LogP contribution in [-0.4, -0.2) is 31.6 Å². The third-order valence-corrected chi connectivity index (χ3v) is 3.91. The highest BCUT2D eigenvalue weighted by atomic mass is 28.3. The summed E-state index contributed by atoms with van der Waals surface area (Å²) < 4.78 is 12.4. The first kappa shape index (κ1) is 13.4. The first-order chi connectivity index (χ1) is 7.51. The third kappa shape index (κ3) is 5.44. The number of rotatable bonds is 7. The molecular formula is C11H22N2O2Si. The lowest BCUT2D eigenvalue weighted by atomic mass is 10.5. The van der Waals surface area contributed by atoms with Crippen LogP contribution in [0.5, 0.6) is 0 Å². The SMILES string of the molecule is COCc1ccn(COCC[Si](C)(C)C)n1. The van der Waals surface area contributed by atoms with E-state index in [1.807, 2.05) is 12.3 Å². The van der Waals surface area contributed by atoms with E-state index >= 15 is 0 Å². The van der Waals surface area contributed by atoms with Crippen molar-refractivity contribution in [2.24, 2.45) is 0 Å². The van der Waals surface area contributed by atoms with Gasteiger partial charge in [-0.3, -0.25) is 0 Å². The van der Waals surface area contributed by atoms with E-state index < -0.39 is 8.07 Å². The minimum atomic E-state index is -0.978. The van der Waals surface area contributed by atoms with Crippen LogP contribution >= 0.6 is 0 Å². The van der Waals surface area contributed by atoms with Crippen LogP contribution in [0.1, 0.15) is 5.69 Å². The highest BCUT2D eigenvalue weighted by molar-refractivity contribution is 6.76. The summed E-state index contributed by atoms with van der Waals surface area (Å²) in [4.78, 5) is 0. The molecule has 0 aliphatic carbocycles. The molecule has 0 spiro atoms. The molecule has 16 heavy (non-hydrogen) atoms. The predicted molar refractivity (Wildman–Crippen MR) is 67.0 cm³/mol. The summed E-state index contributed by atoms with van der Waals surface area (Å²) in [5.74, 6) is 0. The Hall–Kier alpha value is -0.653. The topological polar surface area (TPSA) is 36.3 Å². The van der Waals surface area contributed by atoms with Gasteiger partial charge in [-0.1, -0.05) is 19.6 Å². The molecule has 0 aliphatic heterocycles. The van der Waals surface area contributed by atoms with Gasteiger partial charge in [0.1, 0.15) is 6.73 Å². The van der Waals surface area contributed by atoms with Crippen LogP contribution in [0.4, 0.5) is 0 Å². The zero-order valence-electron chi connectivity index (χ0n) is 10.7. The van der Waals surface area contributed by atoms with Gasteiger partial charge in [0.05, 0.1) is 12.3 Å². The Morgan fingerprint density at radius 1 is 1.38 bits per heavy atom. The van der Waals surface area contributed by atoms with Crippen molar-refractivity contribution < 1.29 is 9.47 Å². The average Bonchev–Trinajstić information content (AvgIpc) is 2.60. The molecule has 4 nitrogen and oxygen atoms in total. The fraction of sp³-hybridized carbons (Fsp3) is 0.727. The molecule has 0 N–H and O–H groups in total.